The Kier molecular flexibility index (Phi) is 8.58. The molecule has 1 aliphatic rings. The van der Waals surface area contributed by atoms with Gasteiger partial charge in [0.2, 0.25) is 5.88 Å². The minimum absolute atomic E-state index is 0.118. The molecule has 7 heteroatoms. The molecule has 1 aliphatic heterocycles. The number of rotatable bonds is 10. The predicted molar refractivity (Wildman–Crippen MR) is 117 cm³/mol. The number of nitrogens with zero attached hydrogens (tertiary/aromatic N) is 3. The van der Waals surface area contributed by atoms with Crippen molar-refractivity contribution in [2.75, 3.05) is 38.6 Å². The molecule has 0 aliphatic carbocycles. The summed E-state index contributed by atoms with van der Waals surface area (Å²) in [6, 6.07) is 9.58. The molecule has 1 N–H and O–H groups in total. The SMILES string of the molecule is CCCCCCc1c(O)nc(SCCN2CCOCC2)n(-c2ccccc2)c1=O. The van der Waals surface area contributed by atoms with Gasteiger partial charge < -0.3 is 9.84 Å². The zero-order valence-electron chi connectivity index (χ0n) is 17.2. The minimum Gasteiger partial charge on any atom is -0.493 e. The number of hydrogen-bond donors (Lipinski definition) is 1. The van der Waals surface area contributed by atoms with Crippen LogP contribution in [0.4, 0.5) is 0 Å². The Morgan fingerprint density at radius 2 is 1.90 bits per heavy atom. The molecule has 1 aromatic carbocycles. The lowest BCUT2D eigenvalue weighted by Gasteiger charge is -2.26. The Balaban J connectivity index is 1.81. The molecule has 2 heterocycles. The van der Waals surface area contributed by atoms with Crippen LogP contribution in [0.1, 0.15) is 38.2 Å². The summed E-state index contributed by atoms with van der Waals surface area (Å²) < 4.78 is 7.05. The third-order valence-corrected chi connectivity index (χ3v) is 6.08. The molecule has 0 saturated carbocycles. The average molecular weight is 418 g/mol. The van der Waals surface area contributed by atoms with Crippen LogP contribution in [0.15, 0.2) is 40.3 Å². The number of benzene rings is 1. The van der Waals surface area contributed by atoms with E-state index in [-0.39, 0.29) is 11.4 Å². The van der Waals surface area contributed by atoms with Crippen LogP contribution in [0.5, 0.6) is 5.88 Å². The summed E-state index contributed by atoms with van der Waals surface area (Å²) in [6.45, 7) is 6.46. The fourth-order valence-corrected chi connectivity index (χ4v) is 4.47. The Morgan fingerprint density at radius 3 is 2.62 bits per heavy atom. The third kappa shape index (κ3) is 6.07. The van der Waals surface area contributed by atoms with Crippen molar-refractivity contribution < 1.29 is 9.84 Å². The first-order chi connectivity index (χ1) is 14.2. The maximum absolute atomic E-state index is 13.3. The number of hydrogen-bond acceptors (Lipinski definition) is 6. The summed E-state index contributed by atoms with van der Waals surface area (Å²) in [5.74, 6) is 0.682. The Morgan fingerprint density at radius 1 is 1.14 bits per heavy atom. The summed E-state index contributed by atoms with van der Waals surface area (Å²) in [7, 11) is 0. The number of aromatic nitrogens is 2. The molecule has 0 spiro atoms. The lowest BCUT2D eigenvalue weighted by Crippen LogP contribution is -2.37. The summed E-state index contributed by atoms with van der Waals surface area (Å²) in [5, 5.41) is 11.0. The second-order valence-corrected chi connectivity index (χ2v) is 8.35. The van der Waals surface area contributed by atoms with Crippen LogP contribution < -0.4 is 5.56 Å². The largest absolute Gasteiger partial charge is 0.493 e. The van der Waals surface area contributed by atoms with Gasteiger partial charge in [-0.1, -0.05) is 56.1 Å². The van der Waals surface area contributed by atoms with Gasteiger partial charge in [0, 0.05) is 25.4 Å². The van der Waals surface area contributed by atoms with E-state index in [0.29, 0.717) is 17.1 Å². The number of para-hydroxylation sites is 1. The lowest BCUT2D eigenvalue weighted by atomic mass is 10.1. The molecule has 0 atom stereocenters. The van der Waals surface area contributed by atoms with Crippen molar-refractivity contribution in [1.82, 2.24) is 14.5 Å². The molecule has 0 amide bonds. The van der Waals surface area contributed by atoms with Gasteiger partial charge in [-0.05, 0) is 25.0 Å². The molecule has 0 unspecified atom stereocenters. The second kappa shape index (κ2) is 11.4. The third-order valence-electron chi connectivity index (χ3n) is 5.16. The van der Waals surface area contributed by atoms with E-state index >= 15 is 0 Å². The standard InChI is InChI=1S/C22H31N3O3S/c1-2-3-4-8-11-19-20(26)23-22(29-17-14-24-12-15-28-16-13-24)25(21(19)27)18-9-6-5-7-10-18/h5-7,9-10,26H,2-4,8,11-17H2,1H3. The van der Waals surface area contributed by atoms with Crippen molar-refractivity contribution in [1.29, 1.82) is 0 Å². The fraction of sp³-hybridized carbons (Fsp3) is 0.545. The van der Waals surface area contributed by atoms with Gasteiger partial charge in [-0.25, -0.2) is 0 Å². The highest BCUT2D eigenvalue weighted by Gasteiger charge is 2.18. The van der Waals surface area contributed by atoms with Crippen LogP contribution in [0.3, 0.4) is 0 Å². The molecule has 0 radical (unpaired) electrons. The van der Waals surface area contributed by atoms with Gasteiger partial charge in [-0.3, -0.25) is 14.3 Å². The van der Waals surface area contributed by atoms with Crippen molar-refractivity contribution >= 4 is 11.8 Å². The van der Waals surface area contributed by atoms with E-state index in [4.69, 9.17) is 4.74 Å². The van der Waals surface area contributed by atoms with E-state index in [9.17, 15) is 9.90 Å². The summed E-state index contributed by atoms with van der Waals surface area (Å²) in [6.07, 6.45) is 4.77. The number of thioether (sulfide) groups is 1. The molecule has 0 bridgehead atoms. The maximum Gasteiger partial charge on any atom is 0.265 e. The number of morpholine rings is 1. The molecule has 29 heavy (non-hydrogen) atoms. The van der Waals surface area contributed by atoms with Crippen LogP contribution in [0.2, 0.25) is 0 Å². The first kappa shape index (κ1) is 21.9. The molecule has 1 saturated heterocycles. The smallest absolute Gasteiger partial charge is 0.265 e. The van der Waals surface area contributed by atoms with E-state index in [2.05, 4.69) is 16.8 Å². The van der Waals surface area contributed by atoms with Gasteiger partial charge in [0.05, 0.1) is 24.5 Å². The normalized spacial score (nSPS) is 14.9. The van der Waals surface area contributed by atoms with Gasteiger partial charge in [0.15, 0.2) is 5.16 Å². The average Bonchev–Trinajstić information content (AvgIpc) is 2.74. The molecule has 2 aromatic rings. The Bertz CT molecular complexity index is 820. The summed E-state index contributed by atoms with van der Waals surface area (Å²) in [4.78, 5) is 20.0. The summed E-state index contributed by atoms with van der Waals surface area (Å²) in [5.41, 5.74) is 1.05. The van der Waals surface area contributed by atoms with E-state index in [1.54, 1.807) is 4.57 Å². The molecule has 1 aromatic heterocycles. The van der Waals surface area contributed by atoms with Gasteiger partial charge in [-0.2, -0.15) is 4.98 Å². The summed E-state index contributed by atoms with van der Waals surface area (Å²) >= 11 is 1.51. The fourth-order valence-electron chi connectivity index (χ4n) is 3.47. The van der Waals surface area contributed by atoms with Crippen LogP contribution in [-0.4, -0.2) is 58.2 Å². The topological polar surface area (TPSA) is 67.6 Å². The predicted octanol–water partition coefficient (Wildman–Crippen LogP) is 3.49. The number of unbranched alkanes of at least 4 members (excludes halogenated alkanes) is 3. The Hall–Kier alpha value is -1.83. The van der Waals surface area contributed by atoms with Crippen LogP contribution in [-0.2, 0) is 11.2 Å². The molecule has 158 valence electrons. The molecule has 3 rings (SSSR count). The van der Waals surface area contributed by atoms with Gasteiger partial charge >= 0.3 is 0 Å². The van der Waals surface area contributed by atoms with Gasteiger partial charge in [0.1, 0.15) is 0 Å². The highest BCUT2D eigenvalue weighted by molar-refractivity contribution is 7.99. The lowest BCUT2D eigenvalue weighted by molar-refractivity contribution is 0.0410. The van der Waals surface area contributed by atoms with Crippen molar-refractivity contribution in [3.05, 3.63) is 46.2 Å². The maximum atomic E-state index is 13.3. The highest BCUT2D eigenvalue weighted by atomic mass is 32.2. The van der Waals surface area contributed by atoms with Crippen molar-refractivity contribution in [2.45, 2.75) is 44.2 Å². The van der Waals surface area contributed by atoms with Crippen LogP contribution >= 0.6 is 11.8 Å². The van der Waals surface area contributed by atoms with Gasteiger partial charge in [0.25, 0.3) is 5.56 Å². The van der Waals surface area contributed by atoms with E-state index in [1.807, 2.05) is 30.3 Å². The minimum atomic E-state index is -0.158. The first-order valence-electron chi connectivity index (χ1n) is 10.5. The van der Waals surface area contributed by atoms with Gasteiger partial charge in [-0.15, -0.1) is 0 Å². The van der Waals surface area contributed by atoms with E-state index < -0.39 is 0 Å². The highest BCUT2D eigenvalue weighted by Crippen LogP contribution is 2.23. The number of ether oxygens (including phenoxy) is 1. The first-order valence-corrected chi connectivity index (χ1v) is 11.5. The monoisotopic (exact) mass is 417 g/mol. The van der Waals surface area contributed by atoms with Crippen molar-refractivity contribution in [2.24, 2.45) is 0 Å². The molecular weight excluding hydrogens is 386 g/mol. The van der Waals surface area contributed by atoms with Crippen LogP contribution in [0.25, 0.3) is 5.69 Å². The zero-order chi connectivity index (χ0) is 20.5. The molecule has 1 fully saturated rings. The quantitative estimate of drug-likeness (QED) is 0.363. The number of aromatic hydroxyl groups is 1. The van der Waals surface area contributed by atoms with E-state index in [0.717, 1.165) is 70.0 Å². The van der Waals surface area contributed by atoms with Crippen molar-refractivity contribution in [3.63, 3.8) is 0 Å². The Labute approximate surface area is 176 Å². The zero-order valence-corrected chi connectivity index (χ0v) is 18.0. The van der Waals surface area contributed by atoms with E-state index in [1.165, 1.54) is 11.8 Å². The van der Waals surface area contributed by atoms with Crippen LogP contribution in [0, 0.1) is 0 Å². The molecule has 6 nitrogen and oxygen atoms in total. The second-order valence-electron chi connectivity index (χ2n) is 7.29. The van der Waals surface area contributed by atoms with Crippen molar-refractivity contribution in [3.8, 4) is 11.6 Å². The molecular formula is C22H31N3O3S.